The number of hydrogen-bond acceptors (Lipinski definition) is 3. The lowest BCUT2D eigenvalue weighted by atomic mass is 10.0. The van der Waals surface area contributed by atoms with E-state index in [1.54, 1.807) is 25.1 Å². The first-order chi connectivity index (χ1) is 14.1. The first kappa shape index (κ1) is 29.9. The average Bonchev–Trinajstić information content (AvgIpc) is 2.70. The van der Waals surface area contributed by atoms with Gasteiger partial charge in [0, 0.05) is 25.9 Å². The van der Waals surface area contributed by atoms with Crippen LogP contribution in [0.3, 0.4) is 0 Å². The van der Waals surface area contributed by atoms with E-state index in [1.807, 2.05) is 6.07 Å². The minimum Gasteiger partial charge on any atom is -0.266 e. The molecule has 0 aliphatic rings. The van der Waals surface area contributed by atoms with Crippen LogP contribution in [0.2, 0.25) is 0 Å². The van der Waals surface area contributed by atoms with Crippen LogP contribution in [0.25, 0.3) is 0 Å². The maximum absolute atomic E-state index is 12.2. The number of unbranched alkanes of at least 4 members (excludes halogenated alkanes) is 15. The highest BCUT2D eigenvalue weighted by atomic mass is 32.2. The van der Waals surface area contributed by atoms with Crippen molar-refractivity contribution in [1.82, 2.24) is 0 Å². The fourth-order valence-corrected chi connectivity index (χ4v) is 4.89. The fraction of sp³-hybridized carbons (Fsp3) is 0.760. The van der Waals surface area contributed by atoms with Crippen LogP contribution in [0.1, 0.15) is 118 Å². The molecule has 0 amide bonds. The summed E-state index contributed by atoms with van der Waals surface area (Å²) in [6.07, 6.45) is 20.9. The molecular formula is C25H48MgO3S. The molecule has 1 aromatic rings. The predicted octanol–water partition coefficient (Wildman–Crippen LogP) is 8.07. The van der Waals surface area contributed by atoms with Gasteiger partial charge in [-0.3, -0.25) is 4.18 Å². The molecule has 0 aromatic heterocycles. The van der Waals surface area contributed by atoms with Crippen LogP contribution in [-0.2, 0) is 14.3 Å². The maximum Gasteiger partial charge on any atom is 0.297 e. The molecule has 3 nitrogen and oxygen atoms in total. The summed E-state index contributed by atoms with van der Waals surface area (Å²) in [5.41, 5.74) is 0.736. The minimum atomic E-state index is -3.61. The van der Waals surface area contributed by atoms with Gasteiger partial charge in [0.1, 0.15) is 0 Å². The monoisotopic (exact) mass is 452 g/mol. The third-order valence-electron chi connectivity index (χ3n) is 5.60. The van der Waals surface area contributed by atoms with Crippen molar-refractivity contribution in [3.63, 3.8) is 0 Å². The van der Waals surface area contributed by atoms with E-state index >= 15 is 0 Å². The van der Waals surface area contributed by atoms with Crippen LogP contribution < -0.4 is 0 Å². The molecule has 0 unspecified atom stereocenters. The zero-order valence-corrected chi connectivity index (χ0v) is 21.9. The molecular weight excluding hydrogens is 405 g/mol. The zero-order chi connectivity index (χ0) is 21.2. The second kappa shape index (κ2) is 19.6. The molecule has 174 valence electrons. The van der Waals surface area contributed by atoms with Gasteiger partial charge in [-0.25, -0.2) is 0 Å². The molecule has 0 aliphatic heterocycles. The molecule has 0 N–H and O–H groups in total. The van der Waals surface area contributed by atoms with E-state index in [0.29, 0.717) is 0 Å². The minimum absolute atomic E-state index is 0. The second-order valence-electron chi connectivity index (χ2n) is 8.34. The van der Waals surface area contributed by atoms with Gasteiger partial charge in [-0.05, 0) is 25.0 Å². The smallest absolute Gasteiger partial charge is 0.266 e. The number of hydrogen-bond donors (Lipinski definition) is 0. The standard InChI is InChI=1S/C25H44O3S.Mg.2H2/c1-3-4-5-6-7-8-9-10-11-12-13-14-15-16-17-20-23-28-29(26,27)25-22-19-18-21-24(25)2;;;/h18-19,21-22H,3-17,20,23H2,1-2H3;;2*1H. The summed E-state index contributed by atoms with van der Waals surface area (Å²) in [4.78, 5) is 0.288. The molecule has 1 aromatic carbocycles. The summed E-state index contributed by atoms with van der Waals surface area (Å²) in [7, 11) is -3.61. The van der Waals surface area contributed by atoms with Gasteiger partial charge in [0.2, 0.25) is 0 Å². The van der Waals surface area contributed by atoms with Gasteiger partial charge < -0.3 is 0 Å². The van der Waals surface area contributed by atoms with E-state index in [-0.39, 0.29) is 37.4 Å². The second-order valence-corrected chi connectivity index (χ2v) is 9.93. The Morgan fingerprint density at radius 1 is 0.700 bits per heavy atom. The van der Waals surface area contributed by atoms with Crippen LogP contribution in [0.4, 0.5) is 0 Å². The lowest BCUT2D eigenvalue weighted by Gasteiger charge is -2.08. The third-order valence-corrected chi connectivity index (χ3v) is 7.07. The maximum atomic E-state index is 12.2. The molecule has 0 spiro atoms. The van der Waals surface area contributed by atoms with Crippen LogP contribution >= 0.6 is 0 Å². The Kier molecular flexibility index (Phi) is 19.5. The fourth-order valence-electron chi connectivity index (χ4n) is 3.72. The van der Waals surface area contributed by atoms with Crippen molar-refractivity contribution in [2.45, 2.75) is 121 Å². The Bertz CT molecular complexity index is 627. The lowest BCUT2D eigenvalue weighted by Crippen LogP contribution is -2.09. The van der Waals surface area contributed by atoms with Crippen LogP contribution in [0, 0.1) is 6.92 Å². The molecule has 2 radical (unpaired) electrons. The van der Waals surface area contributed by atoms with Crippen LogP contribution in [0.15, 0.2) is 29.2 Å². The van der Waals surface area contributed by atoms with E-state index in [4.69, 9.17) is 4.18 Å². The van der Waals surface area contributed by atoms with Crippen LogP contribution in [-0.4, -0.2) is 38.1 Å². The summed E-state index contributed by atoms with van der Waals surface area (Å²) in [5, 5.41) is 0. The van der Waals surface area contributed by atoms with E-state index in [2.05, 4.69) is 6.92 Å². The molecule has 1 rings (SSSR count). The molecule has 0 saturated carbocycles. The first-order valence-electron chi connectivity index (χ1n) is 12.0. The number of rotatable bonds is 19. The quantitative estimate of drug-likeness (QED) is 0.121. The summed E-state index contributed by atoms with van der Waals surface area (Å²) in [6, 6.07) is 6.98. The van der Waals surface area contributed by atoms with E-state index in [1.165, 1.54) is 89.9 Å². The Morgan fingerprint density at radius 3 is 1.53 bits per heavy atom. The molecule has 0 atom stereocenters. The topological polar surface area (TPSA) is 43.4 Å². The Hall–Kier alpha value is -0.104. The van der Waals surface area contributed by atoms with Crippen molar-refractivity contribution in [3.05, 3.63) is 29.8 Å². The molecule has 0 saturated heterocycles. The molecule has 0 heterocycles. The molecule has 0 aliphatic carbocycles. The highest BCUT2D eigenvalue weighted by molar-refractivity contribution is 7.86. The zero-order valence-electron chi connectivity index (χ0n) is 19.7. The summed E-state index contributed by atoms with van der Waals surface area (Å²) >= 11 is 0. The Labute approximate surface area is 206 Å². The lowest BCUT2D eigenvalue weighted by molar-refractivity contribution is 0.306. The van der Waals surface area contributed by atoms with Crippen molar-refractivity contribution in [2.75, 3.05) is 6.61 Å². The molecule has 5 heteroatoms. The van der Waals surface area contributed by atoms with E-state index < -0.39 is 10.1 Å². The van der Waals surface area contributed by atoms with Gasteiger partial charge >= 0.3 is 0 Å². The SMILES string of the molecule is CCCCCCCCCCCCCCCCCCOS(=O)(=O)c1ccccc1C.[HH].[HH].[Mg]. The average molecular weight is 453 g/mol. The molecule has 0 bridgehead atoms. The van der Waals surface area contributed by atoms with Crippen molar-refractivity contribution < 1.29 is 15.5 Å². The van der Waals surface area contributed by atoms with Gasteiger partial charge in [-0.2, -0.15) is 8.42 Å². The van der Waals surface area contributed by atoms with Gasteiger partial charge in [-0.15, -0.1) is 0 Å². The summed E-state index contributed by atoms with van der Waals surface area (Å²) in [6.45, 7) is 4.36. The van der Waals surface area contributed by atoms with Crippen molar-refractivity contribution >= 4 is 33.2 Å². The predicted molar refractivity (Wildman–Crippen MR) is 134 cm³/mol. The largest absolute Gasteiger partial charge is 0.297 e. The highest BCUT2D eigenvalue weighted by Gasteiger charge is 2.16. The van der Waals surface area contributed by atoms with Gasteiger partial charge in [0.25, 0.3) is 10.1 Å². The van der Waals surface area contributed by atoms with Gasteiger partial charge in [0.15, 0.2) is 0 Å². The Balaban J connectivity index is -0.00000280. The normalized spacial score (nSPS) is 11.4. The number of benzene rings is 1. The summed E-state index contributed by atoms with van der Waals surface area (Å²) < 4.78 is 29.6. The Morgan fingerprint density at radius 2 is 1.10 bits per heavy atom. The molecule has 30 heavy (non-hydrogen) atoms. The summed E-state index contributed by atoms with van der Waals surface area (Å²) in [5.74, 6) is 0. The van der Waals surface area contributed by atoms with E-state index in [9.17, 15) is 8.42 Å². The van der Waals surface area contributed by atoms with E-state index in [0.717, 1.165) is 18.4 Å². The molecule has 0 fully saturated rings. The van der Waals surface area contributed by atoms with Gasteiger partial charge in [-0.1, -0.05) is 121 Å². The number of aryl methyl sites for hydroxylation is 1. The third kappa shape index (κ3) is 14.8. The first-order valence-corrected chi connectivity index (χ1v) is 13.4. The van der Waals surface area contributed by atoms with Crippen LogP contribution in [0.5, 0.6) is 0 Å². The highest BCUT2D eigenvalue weighted by Crippen LogP contribution is 2.18. The van der Waals surface area contributed by atoms with Crippen molar-refractivity contribution in [2.24, 2.45) is 0 Å². The van der Waals surface area contributed by atoms with Gasteiger partial charge in [0.05, 0.1) is 11.5 Å². The van der Waals surface area contributed by atoms with Crippen molar-refractivity contribution in [1.29, 1.82) is 0 Å². The van der Waals surface area contributed by atoms with Crippen molar-refractivity contribution in [3.8, 4) is 0 Å².